The molecule has 168 valence electrons. The first-order valence-corrected chi connectivity index (χ1v) is 10.7. The Hall–Kier alpha value is -3.84. The molecule has 0 radical (unpaired) electrons. The van der Waals surface area contributed by atoms with Crippen molar-refractivity contribution in [3.05, 3.63) is 119 Å². The van der Waals surface area contributed by atoms with Crippen molar-refractivity contribution in [1.82, 2.24) is 20.2 Å². The van der Waals surface area contributed by atoms with Gasteiger partial charge < -0.3 is 9.73 Å². The van der Waals surface area contributed by atoms with Crippen molar-refractivity contribution in [1.29, 1.82) is 0 Å². The molecule has 2 aromatic carbocycles. The molecule has 0 fully saturated rings. The fourth-order valence-corrected chi connectivity index (χ4v) is 3.58. The van der Waals surface area contributed by atoms with Crippen molar-refractivity contribution in [2.24, 2.45) is 0 Å². The minimum absolute atomic E-state index is 0.0178. The summed E-state index contributed by atoms with van der Waals surface area (Å²) in [5, 5.41) is 2.82. The topological polar surface area (TPSA) is 71.3 Å². The number of halogens is 1. The summed E-state index contributed by atoms with van der Waals surface area (Å²) in [4.78, 5) is 23.1. The summed E-state index contributed by atoms with van der Waals surface area (Å²) in [6.07, 6.45) is 4.74. The standard InChI is InChI=1S/C26H25FN4O2/c1-19(22-9-3-2-4-10-22)31(16-20-7-5-11-23(27)13-20)17-25-30-24(18-33-25)26(32)29-15-21-8-6-12-28-14-21/h2-14,18-19H,15-17H2,1H3,(H,29,32). The van der Waals surface area contributed by atoms with Crippen molar-refractivity contribution in [3.63, 3.8) is 0 Å². The predicted molar refractivity (Wildman–Crippen MR) is 122 cm³/mol. The highest BCUT2D eigenvalue weighted by atomic mass is 19.1. The summed E-state index contributed by atoms with van der Waals surface area (Å²) in [6, 6.07) is 20.3. The van der Waals surface area contributed by atoms with Crippen LogP contribution in [0.5, 0.6) is 0 Å². The third kappa shape index (κ3) is 6.11. The van der Waals surface area contributed by atoms with Crippen LogP contribution < -0.4 is 5.32 Å². The number of carbonyl (C=O) groups is 1. The zero-order valence-electron chi connectivity index (χ0n) is 18.3. The van der Waals surface area contributed by atoms with E-state index < -0.39 is 0 Å². The van der Waals surface area contributed by atoms with E-state index in [1.807, 2.05) is 36.4 Å². The van der Waals surface area contributed by atoms with Gasteiger partial charge in [-0.25, -0.2) is 9.37 Å². The number of aromatic nitrogens is 2. The van der Waals surface area contributed by atoms with Gasteiger partial charge in [-0.05, 0) is 41.8 Å². The lowest BCUT2D eigenvalue weighted by molar-refractivity contribution is 0.0945. The maximum atomic E-state index is 13.8. The number of hydrogen-bond donors (Lipinski definition) is 1. The van der Waals surface area contributed by atoms with Gasteiger partial charge in [-0.15, -0.1) is 0 Å². The van der Waals surface area contributed by atoms with Crippen LogP contribution in [0, 0.1) is 5.82 Å². The van der Waals surface area contributed by atoms with Crippen molar-refractivity contribution >= 4 is 5.91 Å². The van der Waals surface area contributed by atoms with E-state index in [9.17, 15) is 9.18 Å². The number of carbonyl (C=O) groups excluding carboxylic acids is 1. The molecule has 0 aliphatic carbocycles. The molecule has 4 rings (SSSR count). The Morgan fingerprint density at radius 1 is 1.06 bits per heavy atom. The molecular weight excluding hydrogens is 419 g/mol. The highest BCUT2D eigenvalue weighted by Gasteiger charge is 2.20. The monoisotopic (exact) mass is 444 g/mol. The van der Waals surface area contributed by atoms with Crippen LogP contribution in [0.1, 0.15) is 46.0 Å². The second kappa shape index (κ2) is 10.7. The molecule has 1 atom stereocenters. The summed E-state index contributed by atoms with van der Waals surface area (Å²) in [6.45, 7) is 3.30. The quantitative estimate of drug-likeness (QED) is 0.398. The molecule has 2 aromatic heterocycles. The van der Waals surface area contributed by atoms with Gasteiger partial charge in [-0.2, -0.15) is 0 Å². The van der Waals surface area contributed by atoms with Crippen LogP contribution in [-0.4, -0.2) is 20.8 Å². The maximum absolute atomic E-state index is 13.8. The first-order chi connectivity index (χ1) is 16.1. The number of nitrogens with one attached hydrogen (secondary N) is 1. The van der Waals surface area contributed by atoms with Crippen molar-refractivity contribution in [3.8, 4) is 0 Å². The van der Waals surface area contributed by atoms with Crippen LogP contribution in [0.2, 0.25) is 0 Å². The minimum Gasteiger partial charge on any atom is -0.447 e. The lowest BCUT2D eigenvalue weighted by Gasteiger charge is -2.28. The molecule has 0 saturated heterocycles. The van der Waals surface area contributed by atoms with Gasteiger partial charge >= 0.3 is 0 Å². The number of rotatable bonds is 9. The van der Waals surface area contributed by atoms with E-state index in [-0.39, 0.29) is 23.5 Å². The predicted octanol–water partition coefficient (Wildman–Crippen LogP) is 4.90. The fraction of sp³-hybridized carbons (Fsp3) is 0.192. The largest absolute Gasteiger partial charge is 0.447 e. The Morgan fingerprint density at radius 2 is 1.88 bits per heavy atom. The van der Waals surface area contributed by atoms with Crippen molar-refractivity contribution < 1.29 is 13.6 Å². The minimum atomic E-state index is -0.318. The Bertz CT molecular complexity index is 1180. The molecule has 2 heterocycles. The van der Waals surface area contributed by atoms with Gasteiger partial charge in [0.05, 0.1) is 6.54 Å². The Kier molecular flexibility index (Phi) is 7.22. The molecule has 0 aliphatic rings. The highest BCUT2D eigenvalue weighted by Crippen LogP contribution is 2.24. The van der Waals surface area contributed by atoms with Crippen LogP contribution in [-0.2, 0) is 19.6 Å². The number of hydrogen-bond acceptors (Lipinski definition) is 5. The number of nitrogens with zero attached hydrogens (tertiary/aromatic N) is 3. The van der Waals surface area contributed by atoms with Crippen LogP contribution in [0.3, 0.4) is 0 Å². The molecule has 0 bridgehead atoms. The van der Waals surface area contributed by atoms with Gasteiger partial charge in [-0.1, -0.05) is 48.5 Å². The average molecular weight is 445 g/mol. The molecular formula is C26H25FN4O2. The molecule has 0 spiro atoms. The van der Waals surface area contributed by atoms with E-state index in [0.29, 0.717) is 25.5 Å². The molecule has 6 nitrogen and oxygen atoms in total. The van der Waals surface area contributed by atoms with E-state index in [4.69, 9.17) is 4.42 Å². The van der Waals surface area contributed by atoms with E-state index in [1.165, 1.54) is 18.4 Å². The first-order valence-electron chi connectivity index (χ1n) is 10.7. The molecule has 7 heteroatoms. The molecule has 4 aromatic rings. The number of oxazole rings is 1. The number of benzene rings is 2. The smallest absolute Gasteiger partial charge is 0.273 e. The van der Waals surface area contributed by atoms with E-state index in [1.54, 1.807) is 18.5 Å². The van der Waals surface area contributed by atoms with Crippen LogP contribution >= 0.6 is 0 Å². The summed E-state index contributed by atoms with van der Waals surface area (Å²) in [7, 11) is 0. The van der Waals surface area contributed by atoms with Gasteiger partial charge in [0.25, 0.3) is 5.91 Å². The normalized spacial score (nSPS) is 12.0. The lowest BCUT2D eigenvalue weighted by Crippen LogP contribution is -2.27. The summed E-state index contributed by atoms with van der Waals surface area (Å²) in [5.74, 6) is -0.175. The summed E-state index contributed by atoms with van der Waals surface area (Å²) < 4.78 is 19.4. The van der Waals surface area contributed by atoms with Crippen LogP contribution in [0.15, 0.2) is 89.8 Å². The SMILES string of the molecule is CC(c1ccccc1)N(Cc1cccc(F)c1)Cc1nc(C(=O)NCc2cccnc2)co1. The molecule has 0 saturated carbocycles. The van der Waals surface area contributed by atoms with Gasteiger partial charge in [0.1, 0.15) is 12.1 Å². The Balaban J connectivity index is 1.47. The van der Waals surface area contributed by atoms with Gasteiger partial charge in [0.2, 0.25) is 5.89 Å². The molecule has 1 N–H and O–H groups in total. The summed E-state index contributed by atoms with van der Waals surface area (Å²) in [5.41, 5.74) is 3.08. The second-order valence-corrected chi connectivity index (χ2v) is 7.79. The number of amides is 1. The first kappa shape index (κ1) is 22.4. The lowest BCUT2D eigenvalue weighted by atomic mass is 10.1. The molecule has 33 heavy (non-hydrogen) atoms. The zero-order valence-corrected chi connectivity index (χ0v) is 18.3. The summed E-state index contributed by atoms with van der Waals surface area (Å²) >= 11 is 0. The molecule has 1 amide bonds. The van der Waals surface area contributed by atoms with Crippen molar-refractivity contribution in [2.45, 2.75) is 32.6 Å². The third-order valence-electron chi connectivity index (χ3n) is 5.40. The van der Waals surface area contributed by atoms with Gasteiger partial charge in [0.15, 0.2) is 5.69 Å². The number of pyridine rings is 1. The van der Waals surface area contributed by atoms with Gasteiger partial charge in [0, 0.05) is 31.5 Å². The van der Waals surface area contributed by atoms with E-state index in [2.05, 4.69) is 39.2 Å². The fourth-order valence-electron chi connectivity index (χ4n) is 3.58. The Morgan fingerprint density at radius 3 is 2.64 bits per heavy atom. The Labute approximate surface area is 192 Å². The second-order valence-electron chi connectivity index (χ2n) is 7.79. The van der Waals surface area contributed by atoms with Gasteiger partial charge in [-0.3, -0.25) is 14.7 Å². The van der Waals surface area contributed by atoms with E-state index >= 15 is 0 Å². The maximum Gasteiger partial charge on any atom is 0.273 e. The average Bonchev–Trinajstić information content (AvgIpc) is 3.32. The third-order valence-corrected chi connectivity index (χ3v) is 5.40. The zero-order chi connectivity index (χ0) is 23.0. The van der Waals surface area contributed by atoms with Crippen molar-refractivity contribution in [2.75, 3.05) is 0 Å². The molecule has 0 aliphatic heterocycles. The van der Waals surface area contributed by atoms with Crippen LogP contribution in [0.4, 0.5) is 4.39 Å². The molecule has 1 unspecified atom stereocenters. The van der Waals surface area contributed by atoms with E-state index in [0.717, 1.165) is 16.7 Å². The van der Waals surface area contributed by atoms with Crippen LogP contribution in [0.25, 0.3) is 0 Å². The highest BCUT2D eigenvalue weighted by molar-refractivity contribution is 5.91.